The highest BCUT2D eigenvalue weighted by atomic mass is 15.2. The van der Waals surface area contributed by atoms with Crippen molar-refractivity contribution in [3.05, 3.63) is 12.4 Å². The molecule has 4 aliphatic rings. The summed E-state index contributed by atoms with van der Waals surface area (Å²) in [6.45, 7) is 3.36. The van der Waals surface area contributed by atoms with Crippen LogP contribution >= 0.6 is 0 Å². The first-order valence-electron chi connectivity index (χ1n) is 8.56. The molecule has 0 aromatic carbocycles. The number of rotatable bonds is 5. The molecule has 0 radical (unpaired) electrons. The third-order valence-electron chi connectivity index (χ3n) is 5.88. The molecule has 1 N–H and O–H groups in total. The Hall–Kier alpha value is -0.990. The number of imidazole rings is 1. The Morgan fingerprint density at radius 3 is 2.45 bits per heavy atom. The lowest BCUT2D eigenvalue weighted by Crippen LogP contribution is -2.55. The number of unbranched alkanes of at least 4 members (excludes halogenated alkanes) is 1. The Kier molecular flexibility index (Phi) is 3.04. The average Bonchev–Trinajstić information content (AvgIpc) is 2.81. The second-order valence-electron chi connectivity index (χ2n) is 7.62. The van der Waals surface area contributed by atoms with Gasteiger partial charge >= 0.3 is 0 Å². The molecule has 0 amide bonds. The smallest absolute Gasteiger partial charge is 0.203 e. The molecule has 4 fully saturated rings. The first kappa shape index (κ1) is 12.7. The zero-order chi connectivity index (χ0) is 13.6. The minimum Gasteiger partial charge on any atom is -0.350 e. The number of nitrogens with zero attached hydrogens (tertiary/aromatic N) is 2. The summed E-state index contributed by atoms with van der Waals surface area (Å²) >= 11 is 0. The molecule has 1 heterocycles. The predicted octanol–water partition coefficient (Wildman–Crippen LogP) is 4.06. The molecule has 4 aliphatic carbocycles. The minimum atomic E-state index is 0.379. The number of nitrogens with one attached hydrogen (secondary N) is 1. The highest BCUT2D eigenvalue weighted by molar-refractivity contribution is 5.33. The normalized spacial score (nSPS) is 38.4. The highest BCUT2D eigenvalue weighted by Gasteiger charge is 2.51. The predicted molar refractivity (Wildman–Crippen MR) is 81.7 cm³/mol. The Labute approximate surface area is 122 Å². The molecule has 0 aliphatic heterocycles. The molecule has 20 heavy (non-hydrogen) atoms. The standard InChI is InChI=1S/C17H27N3/c1-2-3-5-20-6-4-18-16(20)19-17-10-13-7-14(11-17)9-15(8-13)12-17/h4,6,13-15H,2-3,5,7-12H2,1H3,(H,18,19). The first-order valence-corrected chi connectivity index (χ1v) is 8.56. The van der Waals surface area contributed by atoms with E-state index in [9.17, 15) is 0 Å². The van der Waals surface area contributed by atoms with E-state index in [4.69, 9.17) is 0 Å². The van der Waals surface area contributed by atoms with Gasteiger partial charge in [-0.3, -0.25) is 0 Å². The number of aromatic nitrogens is 2. The molecular weight excluding hydrogens is 246 g/mol. The number of aryl methyl sites for hydroxylation is 1. The number of hydrogen-bond acceptors (Lipinski definition) is 2. The maximum atomic E-state index is 4.60. The lowest BCUT2D eigenvalue weighted by Gasteiger charge is -2.57. The summed E-state index contributed by atoms with van der Waals surface area (Å²) in [6.07, 6.45) is 15.3. The molecule has 110 valence electrons. The van der Waals surface area contributed by atoms with Gasteiger partial charge in [0.2, 0.25) is 5.95 Å². The van der Waals surface area contributed by atoms with Gasteiger partial charge in [0.1, 0.15) is 0 Å². The van der Waals surface area contributed by atoms with E-state index >= 15 is 0 Å². The van der Waals surface area contributed by atoms with Gasteiger partial charge in [-0.2, -0.15) is 0 Å². The van der Waals surface area contributed by atoms with Crippen LogP contribution in [0.25, 0.3) is 0 Å². The number of hydrogen-bond donors (Lipinski definition) is 1. The van der Waals surface area contributed by atoms with Gasteiger partial charge in [0.05, 0.1) is 0 Å². The SMILES string of the molecule is CCCCn1ccnc1NC12CC3CC(CC(C3)C1)C2. The van der Waals surface area contributed by atoms with E-state index in [1.165, 1.54) is 51.4 Å². The molecule has 4 bridgehead atoms. The second-order valence-corrected chi connectivity index (χ2v) is 7.62. The van der Waals surface area contributed by atoms with E-state index in [0.29, 0.717) is 5.54 Å². The van der Waals surface area contributed by atoms with Crippen molar-refractivity contribution in [1.29, 1.82) is 0 Å². The van der Waals surface area contributed by atoms with E-state index in [1.807, 2.05) is 6.20 Å². The fourth-order valence-corrected chi connectivity index (χ4v) is 5.44. The summed E-state index contributed by atoms with van der Waals surface area (Å²) in [5.74, 6) is 4.11. The lowest BCUT2D eigenvalue weighted by atomic mass is 9.53. The van der Waals surface area contributed by atoms with Gasteiger partial charge in [-0.25, -0.2) is 4.98 Å². The zero-order valence-corrected chi connectivity index (χ0v) is 12.6. The number of anilines is 1. The molecule has 3 nitrogen and oxygen atoms in total. The Bertz CT molecular complexity index is 441. The van der Waals surface area contributed by atoms with Crippen molar-refractivity contribution >= 4 is 5.95 Å². The first-order chi connectivity index (χ1) is 9.76. The second kappa shape index (κ2) is 4.78. The largest absolute Gasteiger partial charge is 0.350 e. The van der Waals surface area contributed by atoms with Crippen molar-refractivity contribution in [1.82, 2.24) is 9.55 Å². The Morgan fingerprint density at radius 2 is 1.85 bits per heavy atom. The summed E-state index contributed by atoms with van der Waals surface area (Å²) in [7, 11) is 0. The molecule has 0 spiro atoms. The van der Waals surface area contributed by atoms with Crippen LogP contribution in [0.1, 0.15) is 58.3 Å². The van der Waals surface area contributed by atoms with Gasteiger partial charge in [-0.05, 0) is 62.7 Å². The molecule has 1 aromatic heterocycles. The van der Waals surface area contributed by atoms with Gasteiger partial charge in [-0.1, -0.05) is 13.3 Å². The van der Waals surface area contributed by atoms with Crippen molar-refractivity contribution in [2.45, 2.75) is 70.4 Å². The van der Waals surface area contributed by atoms with Crippen molar-refractivity contribution < 1.29 is 0 Å². The van der Waals surface area contributed by atoms with Crippen LogP contribution in [0.2, 0.25) is 0 Å². The van der Waals surface area contributed by atoms with Crippen LogP contribution in [-0.4, -0.2) is 15.1 Å². The topological polar surface area (TPSA) is 29.9 Å². The van der Waals surface area contributed by atoms with Crippen molar-refractivity contribution in [3.8, 4) is 0 Å². The summed E-state index contributed by atoms with van der Waals surface area (Å²) in [5, 5.41) is 3.90. The fourth-order valence-electron chi connectivity index (χ4n) is 5.44. The van der Waals surface area contributed by atoms with Crippen molar-refractivity contribution in [2.24, 2.45) is 17.8 Å². The summed E-state index contributed by atoms with van der Waals surface area (Å²) in [5.41, 5.74) is 0.379. The van der Waals surface area contributed by atoms with E-state index in [-0.39, 0.29) is 0 Å². The Balaban J connectivity index is 1.52. The third-order valence-corrected chi connectivity index (χ3v) is 5.88. The maximum Gasteiger partial charge on any atom is 0.203 e. The van der Waals surface area contributed by atoms with E-state index < -0.39 is 0 Å². The molecule has 3 heteroatoms. The summed E-state index contributed by atoms with van der Waals surface area (Å²) in [4.78, 5) is 4.60. The summed E-state index contributed by atoms with van der Waals surface area (Å²) in [6, 6.07) is 0. The molecule has 5 rings (SSSR count). The molecule has 4 saturated carbocycles. The van der Waals surface area contributed by atoms with Gasteiger partial charge < -0.3 is 9.88 Å². The monoisotopic (exact) mass is 273 g/mol. The zero-order valence-electron chi connectivity index (χ0n) is 12.6. The fraction of sp³-hybridized carbons (Fsp3) is 0.824. The average molecular weight is 273 g/mol. The van der Waals surface area contributed by atoms with Gasteiger partial charge in [-0.15, -0.1) is 0 Å². The van der Waals surface area contributed by atoms with Crippen LogP contribution < -0.4 is 5.32 Å². The third kappa shape index (κ3) is 2.15. The van der Waals surface area contributed by atoms with Gasteiger partial charge in [0.25, 0.3) is 0 Å². The summed E-state index contributed by atoms with van der Waals surface area (Å²) < 4.78 is 2.32. The van der Waals surface area contributed by atoms with Gasteiger partial charge in [0.15, 0.2) is 0 Å². The van der Waals surface area contributed by atoms with Crippen LogP contribution in [0.4, 0.5) is 5.95 Å². The van der Waals surface area contributed by atoms with Crippen molar-refractivity contribution in [2.75, 3.05) is 5.32 Å². The highest BCUT2D eigenvalue weighted by Crippen LogP contribution is 2.56. The van der Waals surface area contributed by atoms with Crippen LogP contribution in [0.5, 0.6) is 0 Å². The molecule has 0 saturated heterocycles. The van der Waals surface area contributed by atoms with E-state index in [1.54, 1.807) is 0 Å². The van der Waals surface area contributed by atoms with E-state index in [2.05, 4.69) is 28.0 Å². The molecule has 0 atom stereocenters. The van der Waals surface area contributed by atoms with Crippen molar-refractivity contribution in [3.63, 3.8) is 0 Å². The maximum absolute atomic E-state index is 4.60. The van der Waals surface area contributed by atoms with Gasteiger partial charge in [0, 0.05) is 24.5 Å². The van der Waals surface area contributed by atoms with Crippen LogP contribution in [0.3, 0.4) is 0 Å². The quantitative estimate of drug-likeness (QED) is 0.876. The van der Waals surface area contributed by atoms with E-state index in [0.717, 1.165) is 30.2 Å². The molecule has 0 unspecified atom stereocenters. The minimum absolute atomic E-state index is 0.379. The van der Waals surface area contributed by atoms with Crippen LogP contribution in [-0.2, 0) is 6.54 Å². The van der Waals surface area contributed by atoms with Crippen LogP contribution in [0, 0.1) is 17.8 Å². The Morgan fingerprint density at radius 1 is 1.20 bits per heavy atom. The van der Waals surface area contributed by atoms with Crippen LogP contribution in [0.15, 0.2) is 12.4 Å². The molecule has 1 aromatic rings. The lowest BCUT2D eigenvalue weighted by molar-refractivity contribution is 0.0102. The molecular formula is C17H27N3.